The number of hydrogen-bond donors (Lipinski definition) is 1. The van der Waals surface area contributed by atoms with E-state index in [1.54, 1.807) is 23.0 Å². The van der Waals surface area contributed by atoms with Crippen molar-refractivity contribution >= 4 is 33.7 Å². The van der Waals surface area contributed by atoms with Gasteiger partial charge < -0.3 is 10.1 Å². The molecule has 1 atom stereocenters. The molecule has 8 heteroatoms. The van der Waals surface area contributed by atoms with Gasteiger partial charge in [0.25, 0.3) is 0 Å². The predicted octanol–water partition coefficient (Wildman–Crippen LogP) is 3.98. The fourth-order valence-corrected chi connectivity index (χ4v) is 4.28. The van der Waals surface area contributed by atoms with E-state index in [2.05, 4.69) is 57.6 Å². The van der Waals surface area contributed by atoms with Crippen LogP contribution in [0, 0.1) is 0 Å². The number of nitrogens with one attached hydrogen (secondary N) is 1. The quantitative estimate of drug-likeness (QED) is 0.493. The third-order valence-corrected chi connectivity index (χ3v) is 5.94. The van der Waals surface area contributed by atoms with E-state index in [4.69, 9.17) is 21.3 Å². The molecule has 7 nitrogen and oxygen atoms in total. The van der Waals surface area contributed by atoms with Crippen molar-refractivity contribution in [1.82, 2.24) is 24.5 Å². The number of benzene rings is 1. The summed E-state index contributed by atoms with van der Waals surface area (Å²) in [7, 11) is 0. The molecule has 31 heavy (non-hydrogen) atoms. The van der Waals surface area contributed by atoms with Gasteiger partial charge in [0.2, 0.25) is 0 Å². The lowest BCUT2D eigenvalue weighted by atomic mass is 10.0. The average molecular weight is 437 g/mol. The number of anilines is 1. The highest BCUT2D eigenvalue weighted by molar-refractivity contribution is 6.29. The van der Waals surface area contributed by atoms with Gasteiger partial charge in [0.15, 0.2) is 10.8 Å². The molecule has 0 aliphatic carbocycles. The Morgan fingerprint density at radius 2 is 2.03 bits per heavy atom. The lowest BCUT2D eigenvalue weighted by Gasteiger charge is -2.26. The molecule has 0 bridgehead atoms. The zero-order valence-electron chi connectivity index (χ0n) is 17.5. The number of morpholine rings is 1. The molecular formula is C23H25ClN6O. The summed E-state index contributed by atoms with van der Waals surface area (Å²) >= 11 is 6.20. The molecule has 0 spiro atoms. The van der Waals surface area contributed by atoms with Gasteiger partial charge in [0.05, 0.1) is 30.6 Å². The summed E-state index contributed by atoms with van der Waals surface area (Å²) in [4.78, 5) is 11.9. The fourth-order valence-electron chi connectivity index (χ4n) is 4.09. The summed E-state index contributed by atoms with van der Waals surface area (Å²) in [5.41, 5.74) is 3.70. The second-order valence-electron chi connectivity index (χ2n) is 7.86. The molecule has 1 saturated heterocycles. The monoisotopic (exact) mass is 436 g/mol. The number of halogens is 1. The molecule has 1 N–H and O–H groups in total. The first-order chi connectivity index (χ1) is 15.2. The van der Waals surface area contributed by atoms with Gasteiger partial charge in [0, 0.05) is 55.6 Å². The van der Waals surface area contributed by atoms with Crippen molar-refractivity contribution in [2.45, 2.75) is 19.4 Å². The number of hydrogen-bond acceptors (Lipinski definition) is 6. The Kier molecular flexibility index (Phi) is 5.72. The summed E-state index contributed by atoms with van der Waals surface area (Å²) in [5, 5.41) is 10.6. The van der Waals surface area contributed by atoms with Gasteiger partial charge in [0.1, 0.15) is 0 Å². The molecular weight excluding hydrogens is 412 g/mol. The minimum Gasteiger partial charge on any atom is -0.379 e. The Morgan fingerprint density at radius 1 is 1.19 bits per heavy atom. The van der Waals surface area contributed by atoms with E-state index in [1.165, 1.54) is 10.8 Å². The van der Waals surface area contributed by atoms with Crippen LogP contribution < -0.4 is 5.32 Å². The summed E-state index contributed by atoms with van der Waals surface area (Å²) in [6.07, 6.45) is 4.41. The smallest absolute Gasteiger partial charge is 0.177 e. The molecule has 1 aliphatic heterocycles. The number of nitrogens with zero attached hydrogens (tertiary/aromatic N) is 5. The Labute approximate surface area is 186 Å². The number of fused-ring (bicyclic) bond motifs is 2. The zero-order chi connectivity index (χ0) is 21.2. The summed E-state index contributed by atoms with van der Waals surface area (Å²) in [6.45, 7) is 6.69. The third kappa shape index (κ3) is 4.35. The van der Waals surface area contributed by atoms with E-state index in [0.717, 1.165) is 62.0 Å². The number of pyridine rings is 1. The van der Waals surface area contributed by atoms with E-state index in [0.29, 0.717) is 5.15 Å². The van der Waals surface area contributed by atoms with E-state index >= 15 is 0 Å². The van der Waals surface area contributed by atoms with Gasteiger partial charge in [-0.3, -0.25) is 9.88 Å². The van der Waals surface area contributed by atoms with Crippen molar-refractivity contribution < 1.29 is 4.74 Å². The molecule has 3 aromatic heterocycles. The highest BCUT2D eigenvalue weighted by Gasteiger charge is 2.16. The van der Waals surface area contributed by atoms with Crippen LogP contribution in [0.15, 0.2) is 48.8 Å². The summed E-state index contributed by atoms with van der Waals surface area (Å²) in [5.74, 6) is 0. The number of imidazole rings is 1. The topological polar surface area (TPSA) is 67.6 Å². The van der Waals surface area contributed by atoms with Gasteiger partial charge in [-0.2, -0.15) is 5.10 Å². The van der Waals surface area contributed by atoms with Gasteiger partial charge in [-0.25, -0.2) is 9.50 Å². The summed E-state index contributed by atoms with van der Waals surface area (Å²) in [6, 6.07) is 12.4. The minimum atomic E-state index is -0.0225. The Hall–Kier alpha value is -2.74. The lowest BCUT2D eigenvalue weighted by Crippen LogP contribution is -2.37. The van der Waals surface area contributed by atoms with Crippen LogP contribution in [0.3, 0.4) is 0 Å². The van der Waals surface area contributed by atoms with E-state index in [1.807, 2.05) is 0 Å². The maximum Gasteiger partial charge on any atom is 0.177 e. The third-order valence-electron chi connectivity index (χ3n) is 5.75. The molecule has 0 amide bonds. The van der Waals surface area contributed by atoms with Crippen LogP contribution in [0.1, 0.15) is 24.4 Å². The van der Waals surface area contributed by atoms with Crippen LogP contribution >= 0.6 is 11.6 Å². The molecule has 160 valence electrons. The highest BCUT2D eigenvalue weighted by atomic mass is 35.5. The standard InChI is InChI=1S/C23H25ClN6O/c1-16(26-21-15-22(24)28-30-9-7-25-23(21)30)20-14-17-4-2-3-5-18(17)19(27-20)6-8-29-10-12-31-13-11-29/h2-5,7,9,14-16,26H,6,8,10-13H2,1H3/t16-/m0/s1. The average Bonchev–Trinajstić information content (AvgIpc) is 3.26. The number of rotatable bonds is 6. The van der Waals surface area contributed by atoms with Crippen molar-refractivity contribution in [2.75, 3.05) is 38.2 Å². The maximum atomic E-state index is 6.20. The minimum absolute atomic E-state index is 0.0225. The van der Waals surface area contributed by atoms with E-state index in [9.17, 15) is 0 Å². The molecule has 4 aromatic rings. The van der Waals surface area contributed by atoms with Crippen LogP contribution in [0.2, 0.25) is 5.15 Å². The predicted molar refractivity (Wildman–Crippen MR) is 123 cm³/mol. The molecule has 1 fully saturated rings. The van der Waals surface area contributed by atoms with Crippen LogP contribution in [-0.2, 0) is 11.2 Å². The van der Waals surface area contributed by atoms with Crippen molar-refractivity contribution in [1.29, 1.82) is 0 Å². The Balaban J connectivity index is 1.43. The maximum absolute atomic E-state index is 6.20. The SMILES string of the molecule is C[C@H](Nc1cc(Cl)nn2ccnc12)c1cc2ccccc2c(CCN2CCOCC2)n1. The molecule has 5 rings (SSSR count). The second-order valence-corrected chi connectivity index (χ2v) is 8.25. The first-order valence-corrected chi connectivity index (χ1v) is 11.0. The van der Waals surface area contributed by atoms with Gasteiger partial charge in [-0.05, 0) is 18.4 Å². The zero-order valence-corrected chi connectivity index (χ0v) is 18.2. The largest absolute Gasteiger partial charge is 0.379 e. The normalized spacial score (nSPS) is 16.1. The van der Waals surface area contributed by atoms with E-state index < -0.39 is 0 Å². The van der Waals surface area contributed by atoms with E-state index in [-0.39, 0.29) is 6.04 Å². The van der Waals surface area contributed by atoms with Crippen LogP contribution in [-0.4, -0.2) is 57.3 Å². The summed E-state index contributed by atoms with van der Waals surface area (Å²) < 4.78 is 7.16. The van der Waals surface area contributed by atoms with Crippen molar-refractivity contribution in [2.24, 2.45) is 0 Å². The van der Waals surface area contributed by atoms with Crippen LogP contribution in [0.5, 0.6) is 0 Å². The number of aromatic nitrogens is 4. The lowest BCUT2D eigenvalue weighted by molar-refractivity contribution is 0.0384. The molecule has 0 radical (unpaired) electrons. The first kappa shape index (κ1) is 20.2. The Morgan fingerprint density at radius 3 is 2.90 bits per heavy atom. The molecule has 1 aliphatic rings. The van der Waals surface area contributed by atoms with Gasteiger partial charge in [-0.1, -0.05) is 35.9 Å². The molecule has 1 aromatic carbocycles. The van der Waals surface area contributed by atoms with Crippen molar-refractivity contribution in [3.05, 3.63) is 65.3 Å². The number of ether oxygens (including phenoxy) is 1. The van der Waals surface area contributed by atoms with Crippen molar-refractivity contribution in [3.63, 3.8) is 0 Å². The molecule has 4 heterocycles. The molecule has 0 unspecified atom stereocenters. The first-order valence-electron chi connectivity index (χ1n) is 10.6. The van der Waals surface area contributed by atoms with Crippen molar-refractivity contribution in [3.8, 4) is 0 Å². The second kappa shape index (κ2) is 8.78. The molecule has 0 saturated carbocycles. The van der Waals surface area contributed by atoms with Gasteiger partial charge >= 0.3 is 0 Å². The Bertz CT molecular complexity index is 1200. The highest BCUT2D eigenvalue weighted by Crippen LogP contribution is 2.27. The van der Waals surface area contributed by atoms with Crippen LogP contribution in [0.25, 0.3) is 16.4 Å². The van der Waals surface area contributed by atoms with Gasteiger partial charge in [-0.15, -0.1) is 0 Å². The fraction of sp³-hybridized carbons (Fsp3) is 0.348. The van der Waals surface area contributed by atoms with Crippen LogP contribution in [0.4, 0.5) is 5.69 Å².